The summed E-state index contributed by atoms with van der Waals surface area (Å²) in [4.78, 5) is 10.3. The number of hydrogen-bond acceptors (Lipinski definition) is 2. The summed E-state index contributed by atoms with van der Waals surface area (Å²) in [6.45, 7) is 5.45. The van der Waals surface area contributed by atoms with Gasteiger partial charge in [0.15, 0.2) is 0 Å². The van der Waals surface area contributed by atoms with Gasteiger partial charge in [0.05, 0.1) is 6.10 Å². The second-order valence-electron chi connectivity index (χ2n) is 3.24. The second kappa shape index (κ2) is 6.66. The average Bonchev–Trinajstić information content (AvgIpc) is 2.10. The molecule has 3 nitrogen and oxygen atoms in total. The Labute approximate surface area is 79.1 Å². The van der Waals surface area contributed by atoms with Gasteiger partial charge in [0.2, 0.25) is 0 Å². The molecule has 1 unspecified atom stereocenters. The van der Waals surface area contributed by atoms with E-state index in [0.717, 1.165) is 19.3 Å². The van der Waals surface area contributed by atoms with E-state index in [-0.39, 0.29) is 11.7 Å². The van der Waals surface area contributed by atoms with E-state index in [4.69, 9.17) is 5.11 Å². The molecule has 0 fully saturated rings. The minimum Gasteiger partial charge on any atom is -0.478 e. The zero-order valence-electron chi connectivity index (χ0n) is 8.12. The largest absolute Gasteiger partial charge is 0.478 e. The van der Waals surface area contributed by atoms with Gasteiger partial charge in [-0.3, -0.25) is 0 Å². The molecule has 0 bridgehead atoms. The lowest BCUT2D eigenvalue weighted by atomic mass is 10.0. The standard InChI is InChI=1S/C10H18O3/c1-3-4-5-9(11)7-6-8(2)10(12)13/h9,11H,2-7H2,1H3,(H,12,13). The minimum atomic E-state index is -0.970. The summed E-state index contributed by atoms with van der Waals surface area (Å²) >= 11 is 0. The normalized spacial score (nSPS) is 12.5. The lowest BCUT2D eigenvalue weighted by Crippen LogP contribution is -2.08. The molecular formula is C10H18O3. The molecule has 76 valence electrons. The van der Waals surface area contributed by atoms with Gasteiger partial charge in [-0.05, 0) is 19.3 Å². The number of carboxylic acid groups (broad SMARTS) is 1. The van der Waals surface area contributed by atoms with Crippen molar-refractivity contribution in [3.05, 3.63) is 12.2 Å². The summed E-state index contributed by atoms with van der Waals surface area (Å²) < 4.78 is 0. The average molecular weight is 186 g/mol. The predicted molar refractivity (Wildman–Crippen MR) is 51.5 cm³/mol. The lowest BCUT2D eigenvalue weighted by Gasteiger charge is -2.08. The Kier molecular flexibility index (Phi) is 6.24. The molecule has 0 radical (unpaired) electrons. The van der Waals surface area contributed by atoms with Gasteiger partial charge in [0, 0.05) is 5.57 Å². The topological polar surface area (TPSA) is 57.5 Å². The van der Waals surface area contributed by atoms with Crippen molar-refractivity contribution in [1.82, 2.24) is 0 Å². The van der Waals surface area contributed by atoms with Gasteiger partial charge in [-0.25, -0.2) is 4.79 Å². The molecule has 0 aliphatic carbocycles. The first-order chi connectivity index (χ1) is 6.07. The Hall–Kier alpha value is -0.830. The van der Waals surface area contributed by atoms with Gasteiger partial charge in [-0.2, -0.15) is 0 Å². The van der Waals surface area contributed by atoms with Crippen LogP contribution in [0.3, 0.4) is 0 Å². The number of carboxylic acids is 1. The highest BCUT2D eigenvalue weighted by atomic mass is 16.4. The van der Waals surface area contributed by atoms with Gasteiger partial charge in [0.25, 0.3) is 0 Å². The van der Waals surface area contributed by atoms with E-state index >= 15 is 0 Å². The van der Waals surface area contributed by atoms with E-state index in [1.165, 1.54) is 0 Å². The predicted octanol–water partition coefficient (Wildman–Crippen LogP) is 1.96. The van der Waals surface area contributed by atoms with E-state index < -0.39 is 5.97 Å². The van der Waals surface area contributed by atoms with E-state index in [0.29, 0.717) is 12.8 Å². The van der Waals surface area contributed by atoms with Crippen LogP contribution in [0.1, 0.15) is 39.0 Å². The molecule has 0 aromatic rings. The third-order valence-electron chi connectivity index (χ3n) is 1.97. The van der Waals surface area contributed by atoms with E-state index in [1.54, 1.807) is 0 Å². The minimum absolute atomic E-state index is 0.176. The molecule has 1 atom stereocenters. The highest BCUT2D eigenvalue weighted by molar-refractivity contribution is 5.85. The van der Waals surface area contributed by atoms with Gasteiger partial charge >= 0.3 is 5.97 Å². The molecule has 0 saturated carbocycles. The summed E-state index contributed by atoms with van der Waals surface area (Å²) in [5, 5.41) is 17.9. The van der Waals surface area contributed by atoms with Crippen LogP contribution in [0.15, 0.2) is 12.2 Å². The molecule has 3 heteroatoms. The van der Waals surface area contributed by atoms with E-state index in [9.17, 15) is 9.90 Å². The number of aliphatic carboxylic acids is 1. The molecular weight excluding hydrogens is 168 g/mol. The van der Waals surface area contributed by atoms with Crippen molar-refractivity contribution in [2.24, 2.45) is 0 Å². The fourth-order valence-corrected chi connectivity index (χ4v) is 1.03. The van der Waals surface area contributed by atoms with Crippen LogP contribution in [-0.2, 0) is 4.79 Å². The number of aliphatic hydroxyl groups is 1. The Balaban J connectivity index is 3.51. The molecule has 0 rings (SSSR count). The van der Waals surface area contributed by atoms with Crippen molar-refractivity contribution >= 4 is 5.97 Å². The number of aliphatic hydroxyl groups excluding tert-OH is 1. The molecule has 0 amide bonds. The van der Waals surface area contributed by atoms with Crippen molar-refractivity contribution in [2.75, 3.05) is 0 Å². The van der Waals surface area contributed by atoms with Gasteiger partial charge in [-0.15, -0.1) is 0 Å². The van der Waals surface area contributed by atoms with Crippen molar-refractivity contribution in [3.8, 4) is 0 Å². The highest BCUT2D eigenvalue weighted by Crippen LogP contribution is 2.10. The molecule has 2 N–H and O–H groups in total. The third kappa shape index (κ3) is 6.34. The van der Waals surface area contributed by atoms with Crippen molar-refractivity contribution in [1.29, 1.82) is 0 Å². The van der Waals surface area contributed by atoms with Crippen LogP contribution in [0.4, 0.5) is 0 Å². The lowest BCUT2D eigenvalue weighted by molar-refractivity contribution is -0.132. The van der Waals surface area contributed by atoms with Crippen LogP contribution >= 0.6 is 0 Å². The maximum atomic E-state index is 10.3. The van der Waals surface area contributed by atoms with Crippen LogP contribution in [0.5, 0.6) is 0 Å². The summed E-state index contributed by atoms with van der Waals surface area (Å²) in [6, 6.07) is 0. The molecule has 0 aromatic carbocycles. The summed E-state index contributed by atoms with van der Waals surface area (Å²) in [5.41, 5.74) is 0.176. The molecule has 0 spiro atoms. The number of hydrogen-bond donors (Lipinski definition) is 2. The maximum absolute atomic E-state index is 10.3. The van der Waals surface area contributed by atoms with Crippen LogP contribution in [0.25, 0.3) is 0 Å². The first-order valence-electron chi connectivity index (χ1n) is 4.67. The summed E-state index contributed by atoms with van der Waals surface area (Å²) in [7, 11) is 0. The van der Waals surface area contributed by atoms with Crippen LogP contribution < -0.4 is 0 Å². The highest BCUT2D eigenvalue weighted by Gasteiger charge is 2.08. The maximum Gasteiger partial charge on any atom is 0.330 e. The quantitative estimate of drug-likeness (QED) is 0.597. The Morgan fingerprint density at radius 2 is 2.08 bits per heavy atom. The fourth-order valence-electron chi connectivity index (χ4n) is 1.03. The molecule has 0 aliphatic heterocycles. The van der Waals surface area contributed by atoms with Crippen LogP contribution in [0.2, 0.25) is 0 Å². The zero-order valence-corrected chi connectivity index (χ0v) is 8.12. The monoisotopic (exact) mass is 186 g/mol. The molecule has 13 heavy (non-hydrogen) atoms. The first-order valence-corrected chi connectivity index (χ1v) is 4.67. The van der Waals surface area contributed by atoms with Crippen molar-refractivity contribution in [3.63, 3.8) is 0 Å². The molecule has 0 saturated heterocycles. The van der Waals surface area contributed by atoms with Gasteiger partial charge in [0.1, 0.15) is 0 Å². The number of carbonyl (C=O) groups is 1. The van der Waals surface area contributed by atoms with Gasteiger partial charge in [-0.1, -0.05) is 26.3 Å². The molecule has 0 aromatic heterocycles. The van der Waals surface area contributed by atoms with E-state index in [1.807, 2.05) is 0 Å². The van der Waals surface area contributed by atoms with Crippen LogP contribution in [0, 0.1) is 0 Å². The zero-order chi connectivity index (χ0) is 10.3. The Morgan fingerprint density at radius 3 is 2.54 bits per heavy atom. The summed E-state index contributed by atoms with van der Waals surface area (Å²) in [5.74, 6) is -0.970. The number of unbranched alkanes of at least 4 members (excludes halogenated alkanes) is 1. The van der Waals surface area contributed by atoms with Crippen LogP contribution in [-0.4, -0.2) is 22.3 Å². The Morgan fingerprint density at radius 1 is 1.46 bits per heavy atom. The molecule has 0 heterocycles. The first kappa shape index (κ1) is 12.2. The SMILES string of the molecule is C=C(CCC(O)CCCC)C(=O)O. The van der Waals surface area contributed by atoms with Gasteiger partial charge < -0.3 is 10.2 Å². The molecule has 0 aliphatic rings. The Bertz CT molecular complexity index is 175. The fraction of sp³-hybridized carbons (Fsp3) is 0.700. The smallest absolute Gasteiger partial charge is 0.330 e. The second-order valence-corrected chi connectivity index (χ2v) is 3.24. The third-order valence-corrected chi connectivity index (χ3v) is 1.97. The van der Waals surface area contributed by atoms with Crippen molar-refractivity contribution in [2.45, 2.75) is 45.1 Å². The van der Waals surface area contributed by atoms with Crippen molar-refractivity contribution < 1.29 is 15.0 Å². The summed E-state index contributed by atoms with van der Waals surface area (Å²) in [6.07, 6.45) is 3.29. The number of rotatable bonds is 7. The van der Waals surface area contributed by atoms with E-state index in [2.05, 4.69) is 13.5 Å².